The van der Waals surface area contributed by atoms with Crippen LogP contribution in [-0.2, 0) is 0 Å². The number of carbonyl (C=O) groups excluding carboxylic acids is 1. The summed E-state index contributed by atoms with van der Waals surface area (Å²) in [5, 5.41) is 0.636. The summed E-state index contributed by atoms with van der Waals surface area (Å²) < 4.78 is 0. The van der Waals surface area contributed by atoms with Gasteiger partial charge in [-0.25, -0.2) is 0 Å². The number of hydrogen-bond donors (Lipinski definition) is 0. The minimum atomic E-state index is -0.0157. The van der Waals surface area contributed by atoms with Crippen molar-refractivity contribution in [1.82, 2.24) is 0 Å². The topological polar surface area (TPSA) is 17.1 Å². The van der Waals surface area contributed by atoms with Crippen LogP contribution < -0.4 is 0 Å². The van der Waals surface area contributed by atoms with Crippen LogP contribution in [0.3, 0.4) is 0 Å². The van der Waals surface area contributed by atoms with E-state index in [1.807, 2.05) is 30.0 Å². The van der Waals surface area contributed by atoms with Crippen LogP contribution in [0.1, 0.15) is 35.7 Å². The Morgan fingerprint density at radius 1 is 1.09 bits per heavy atom. The van der Waals surface area contributed by atoms with E-state index in [0.717, 1.165) is 11.3 Å². The van der Waals surface area contributed by atoms with Gasteiger partial charge in [0, 0.05) is 15.5 Å². The fourth-order valence-electron chi connectivity index (χ4n) is 1.89. The smallest absolute Gasteiger partial charge is 0.185 e. The van der Waals surface area contributed by atoms with Gasteiger partial charge >= 0.3 is 0 Å². The van der Waals surface area contributed by atoms with Crippen LogP contribution in [0.15, 0.2) is 59.5 Å². The molecular weight excluding hydrogens is 312 g/mol. The van der Waals surface area contributed by atoms with Crippen molar-refractivity contribution < 1.29 is 4.79 Å². The molecule has 0 atom stereocenters. The van der Waals surface area contributed by atoms with Gasteiger partial charge in [0.2, 0.25) is 0 Å². The van der Waals surface area contributed by atoms with Gasteiger partial charge in [-0.2, -0.15) is 0 Å². The molecule has 0 fully saturated rings. The summed E-state index contributed by atoms with van der Waals surface area (Å²) in [5.41, 5.74) is 1.68. The molecule has 2 rings (SSSR count). The molecule has 0 radical (unpaired) electrons. The molecule has 0 N–H and O–H groups in total. The Morgan fingerprint density at radius 3 is 2.41 bits per heavy atom. The van der Waals surface area contributed by atoms with Crippen molar-refractivity contribution in [1.29, 1.82) is 0 Å². The Bertz CT molecular complexity index is 629. The molecular formula is C19H19ClOS. The van der Waals surface area contributed by atoms with Gasteiger partial charge in [-0.15, -0.1) is 11.8 Å². The third kappa shape index (κ3) is 5.36. The number of thioether (sulfide) groups is 1. The van der Waals surface area contributed by atoms with Crippen LogP contribution >= 0.6 is 23.4 Å². The summed E-state index contributed by atoms with van der Waals surface area (Å²) in [6.07, 6.45) is 5.91. The van der Waals surface area contributed by atoms with Crippen molar-refractivity contribution in [2.45, 2.75) is 24.7 Å². The predicted molar refractivity (Wildman–Crippen MR) is 96.9 cm³/mol. The highest BCUT2D eigenvalue weighted by molar-refractivity contribution is 7.99. The van der Waals surface area contributed by atoms with Crippen LogP contribution in [-0.4, -0.2) is 11.5 Å². The van der Waals surface area contributed by atoms with Crippen molar-refractivity contribution in [3.8, 4) is 0 Å². The second kappa shape index (κ2) is 8.82. The molecule has 0 aliphatic carbocycles. The van der Waals surface area contributed by atoms with E-state index in [1.54, 1.807) is 30.3 Å². The zero-order chi connectivity index (χ0) is 15.8. The summed E-state index contributed by atoms with van der Waals surface area (Å²) in [4.78, 5) is 13.3. The van der Waals surface area contributed by atoms with E-state index in [4.69, 9.17) is 11.6 Å². The molecule has 3 heteroatoms. The minimum Gasteiger partial charge on any atom is -0.289 e. The molecule has 2 aromatic carbocycles. The van der Waals surface area contributed by atoms with Crippen molar-refractivity contribution in [2.75, 3.05) is 5.75 Å². The fraction of sp³-hybridized carbons (Fsp3) is 0.211. The highest BCUT2D eigenvalue weighted by Gasteiger charge is 2.01. The van der Waals surface area contributed by atoms with E-state index in [0.29, 0.717) is 10.6 Å². The first-order valence-electron chi connectivity index (χ1n) is 7.40. The first kappa shape index (κ1) is 16.9. The quantitative estimate of drug-likeness (QED) is 0.263. The van der Waals surface area contributed by atoms with Crippen molar-refractivity contribution in [2.24, 2.45) is 0 Å². The minimum absolute atomic E-state index is 0.0157. The van der Waals surface area contributed by atoms with E-state index in [-0.39, 0.29) is 5.78 Å². The molecule has 0 saturated carbocycles. The number of hydrogen-bond acceptors (Lipinski definition) is 2. The molecule has 22 heavy (non-hydrogen) atoms. The number of halogens is 1. The van der Waals surface area contributed by atoms with Crippen molar-refractivity contribution in [3.05, 3.63) is 70.8 Å². The molecule has 1 nitrogen and oxygen atoms in total. The van der Waals surface area contributed by atoms with Gasteiger partial charge in [-0.1, -0.05) is 43.2 Å². The van der Waals surface area contributed by atoms with Gasteiger partial charge in [0.25, 0.3) is 0 Å². The van der Waals surface area contributed by atoms with E-state index >= 15 is 0 Å². The molecule has 0 aliphatic rings. The zero-order valence-electron chi connectivity index (χ0n) is 12.6. The second-order valence-corrected chi connectivity index (χ2v) is 6.58. The number of benzene rings is 2. The molecule has 0 aliphatic heterocycles. The van der Waals surface area contributed by atoms with E-state index in [2.05, 4.69) is 19.1 Å². The van der Waals surface area contributed by atoms with Crippen LogP contribution in [0.5, 0.6) is 0 Å². The van der Waals surface area contributed by atoms with Gasteiger partial charge < -0.3 is 0 Å². The van der Waals surface area contributed by atoms with E-state index in [9.17, 15) is 4.79 Å². The van der Waals surface area contributed by atoms with Crippen molar-refractivity contribution in [3.63, 3.8) is 0 Å². The molecule has 2 aromatic rings. The van der Waals surface area contributed by atoms with Crippen LogP contribution in [0.2, 0.25) is 5.02 Å². The molecule has 114 valence electrons. The van der Waals surface area contributed by atoms with Crippen molar-refractivity contribution >= 4 is 35.2 Å². The summed E-state index contributed by atoms with van der Waals surface area (Å²) in [7, 11) is 0. The molecule has 0 unspecified atom stereocenters. The lowest BCUT2D eigenvalue weighted by atomic mass is 10.1. The number of carbonyl (C=O) groups is 1. The lowest BCUT2D eigenvalue weighted by molar-refractivity contribution is 0.104. The Morgan fingerprint density at radius 2 is 1.77 bits per heavy atom. The maximum absolute atomic E-state index is 12.0. The summed E-state index contributed by atoms with van der Waals surface area (Å²) in [5.74, 6) is 1.14. The maximum atomic E-state index is 12.0. The van der Waals surface area contributed by atoms with E-state index < -0.39 is 0 Å². The third-order valence-electron chi connectivity index (χ3n) is 3.20. The number of rotatable bonds is 7. The number of allylic oxidation sites excluding steroid dienone is 1. The maximum Gasteiger partial charge on any atom is 0.185 e. The Labute approximate surface area is 141 Å². The summed E-state index contributed by atoms with van der Waals surface area (Å²) in [6, 6.07) is 15.2. The molecule has 0 heterocycles. The highest BCUT2D eigenvalue weighted by atomic mass is 35.5. The standard InChI is InChI=1S/C19H19ClOS/c1-2-3-14-22-18-11-4-15(5-12-18)6-13-19(21)16-7-9-17(20)10-8-16/h4-13H,2-3,14H2,1H3/b13-6+. The van der Waals surface area contributed by atoms with Gasteiger partial charge in [0.05, 0.1) is 0 Å². The average molecular weight is 331 g/mol. The summed E-state index contributed by atoms with van der Waals surface area (Å²) in [6.45, 7) is 2.20. The molecule has 0 saturated heterocycles. The molecule has 0 aromatic heterocycles. The molecule has 0 amide bonds. The first-order chi connectivity index (χ1) is 10.7. The number of ketones is 1. The Kier molecular flexibility index (Phi) is 6.75. The lowest BCUT2D eigenvalue weighted by Crippen LogP contribution is -1.93. The van der Waals surface area contributed by atoms with Gasteiger partial charge in [-0.3, -0.25) is 4.79 Å². The van der Waals surface area contributed by atoms with Crippen LogP contribution in [0.25, 0.3) is 6.08 Å². The van der Waals surface area contributed by atoms with Crippen LogP contribution in [0, 0.1) is 0 Å². The van der Waals surface area contributed by atoms with Gasteiger partial charge in [-0.05, 0) is 60.2 Å². The lowest BCUT2D eigenvalue weighted by Gasteiger charge is -2.01. The van der Waals surface area contributed by atoms with Gasteiger partial charge in [0.1, 0.15) is 0 Å². The zero-order valence-corrected chi connectivity index (χ0v) is 14.2. The largest absolute Gasteiger partial charge is 0.289 e. The fourth-order valence-corrected chi connectivity index (χ4v) is 3.02. The normalized spacial score (nSPS) is 11.0. The Hall–Kier alpha value is -1.51. The Balaban J connectivity index is 1.95. The SMILES string of the molecule is CCCCSc1ccc(/C=C/C(=O)c2ccc(Cl)cc2)cc1. The summed E-state index contributed by atoms with van der Waals surface area (Å²) >= 11 is 7.69. The first-order valence-corrected chi connectivity index (χ1v) is 8.76. The highest BCUT2D eigenvalue weighted by Crippen LogP contribution is 2.20. The molecule has 0 spiro atoms. The van der Waals surface area contributed by atoms with Gasteiger partial charge in [0.15, 0.2) is 5.78 Å². The second-order valence-electron chi connectivity index (χ2n) is 4.98. The average Bonchev–Trinajstić information content (AvgIpc) is 2.55. The van der Waals surface area contributed by atoms with E-state index in [1.165, 1.54) is 17.7 Å². The van der Waals surface area contributed by atoms with Crippen LogP contribution in [0.4, 0.5) is 0 Å². The predicted octanol–water partition coefficient (Wildman–Crippen LogP) is 6.13. The third-order valence-corrected chi connectivity index (χ3v) is 4.55. The number of unbranched alkanes of at least 4 members (excludes halogenated alkanes) is 1. The molecule has 0 bridgehead atoms. The monoisotopic (exact) mass is 330 g/mol.